The zero-order chi connectivity index (χ0) is 24.4. The number of primary amides is 1. The van der Waals surface area contributed by atoms with E-state index in [1.54, 1.807) is 16.7 Å². The summed E-state index contributed by atoms with van der Waals surface area (Å²) in [4.78, 5) is 50.2. The van der Waals surface area contributed by atoms with Gasteiger partial charge in [-0.2, -0.15) is 0 Å². The van der Waals surface area contributed by atoms with Gasteiger partial charge in [0.1, 0.15) is 12.4 Å². The fraction of sp³-hybridized carbons (Fsp3) is 0.250. The number of benzene rings is 2. The second-order valence-corrected chi connectivity index (χ2v) is 8.58. The predicted molar refractivity (Wildman–Crippen MR) is 124 cm³/mol. The fourth-order valence-corrected chi connectivity index (χ4v) is 4.03. The second-order valence-electron chi connectivity index (χ2n) is 8.17. The van der Waals surface area contributed by atoms with Crippen LogP contribution < -0.4 is 11.1 Å². The highest BCUT2D eigenvalue weighted by Gasteiger charge is 2.34. The number of hydrogen-bond acceptors (Lipinski definition) is 4. The molecule has 1 saturated carbocycles. The topological polar surface area (TPSA) is 114 Å². The molecule has 4 rings (SSSR count). The molecule has 3 aromatic rings. The molecule has 3 amide bonds. The van der Waals surface area contributed by atoms with Crippen LogP contribution in [0.15, 0.2) is 42.6 Å². The molecule has 0 radical (unpaired) electrons. The number of hydrogen-bond donors (Lipinski definition) is 2. The number of aromatic nitrogens is 1. The van der Waals surface area contributed by atoms with Gasteiger partial charge in [0.2, 0.25) is 17.7 Å². The molecule has 34 heavy (non-hydrogen) atoms. The summed E-state index contributed by atoms with van der Waals surface area (Å²) in [5, 5.41) is 3.18. The first-order chi connectivity index (χ1) is 16.3. The van der Waals surface area contributed by atoms with E-state index in [9.17, 15) is 23.6 Å². The Labute approximate surface area is 199 Å². The molecular formula is C24H22ClFN4O4. The number of aldehydes is 1. The van der Waals surface area contributed by atoms with Gasteiger partial charge in [0.25, 0.3) is 0 Å². The van der Waals surface area contributed by atoms with Gasteiger partial charge in [-0.05, 0) is 31.0 Å². The minimum Gasteiger partial charge on any atom is -0.366 e. The van der Waals surface area contributed by atoms with Gasteiger partial charge in [0.05, 0.1) is 17.1 Å². The number of rotatable bonds is 9. The van der Waals surface area contributed by atoms with Crippen LogP contribution in [0.2, 0.25) is 5.02 Å². The first-order valence-electron chi connectivity index (χ1n) is 10.7. The Morgan fingerprint density at radius 1 is 1.24 bits per heavy atom. The Balaban J connectivity index is 1.48. The van der Waals surface area contributed by atoms with Crippen LogP contribution in [0.1, 0.15) is 39.1 Å². The molecule has 3 N–H and O–H groups in total. The Morgan fingerprint density at radius 2 is 2.00 bits per heavy atom. The predicted octanol–water partition coefficient (Wildman–Crippen LogP) is 2.65. The van der Waals surface area contributed by atoms with E-state index in [4.69, 9.17) is 17.3 Å². The highest BCUT2D eigenvalue weighted by molar-refractivity contribution is 6.30. The number of carbonyl (C=O) groups excluding carboxylic acids is 4. The molecule has 0 aliphatic heterocycles. The highest BCUT2D eigenvalue weighted by Crippen LogP contribution is 2.28. The molecule has 1 aliphatic rings. The van der Waals surface area contributed by atoms with E-state index in [1.807, 2.05) is 0 Å². The van der Waals surface area contributed by atoms with Crippen molar-refractivity contribution < 1.29 is 23.6 Å². The molecule has 1 aromatic heterocycles. The lowest BCUT2D eigenvalue weighted by Gasteiger charge is -2.22. The third-order valence-electron chi connectivity index (χ3n) is 5.76. The van der Waals surface area contributed by atoms with Crippen molar-refractivity contribution in [2.75, 3.05) is 6.54 Å². The molecule has 0 spiro atoms. The zero-order valence-electron chi connectivity index (χ0n) is 18.1. The minimum atomic E-state index is -0.624. The van der Waals surface area contributed by atoms with Crippen molar-refractivity contribution in [1.82, 2.24) is 14.8 Å². The number of nitrogens with one attached hydrogen (secondary N) is 1. The van der Waals surface area contributed by atoms with E-state index in [-0.39, 0.29) is 47.7 Å². The second kappa shape index (κ2) is 9.64. The number of carbonyl (C=O) groups is 4. The van der Waals surface area contributed by atoms with Crippen molar-refractivity contribution in [2.45, 2.75) is 32.0 Å². The zero-order valence-corrected chi connectivity index (χ0v) is 18.8. The number of amides is 3. The van der Waals surface area contributed by atoms with Crippen molar-refractivity contribution in [2.24, 2.45) is 5.73 Å². The number of nitrogens with two attached hydrogens (primary N) is 1. The Morgan fingerprint density at radius 3 is 2.68 bits per heavy atom. The Hall–Kier alpha value is -3.72. The standard InChI is InChI=1S/C24H22ClFN4O4/c25-19-3-1-2-15(23(19)26)9-28-21(32)11-30(17-5-6-17)22(33)12-29-10-16(13-31)18-7-4-14(24(27)34)8-20(18)29/h1-4,7-8,10,13,17H,5-6,9,11-12H2,(H2,27,34)(H,28,32). The molecule has 0 unspecified atom stereocenters. The largest absolute Gasteiger partial charge is 0.366 e. The average molecular weight is 485 g/mol. The molecule has 1 fully saturated rings. The monoisotopic (exact) mass is 484 g/mol. The molecule has 0 bridgehead atoms. The van der Waals surface area contributed by atoms with E-state index in [0.717, 1.165) is 12.8 Å². The summed E-state index contributed by atoms with van der Waals surface area (Å²) in [5.74, 6) is -1.96. The molecule has 1 heterocycles. The van der Waals surface area contributed by atoms with Crippen LogP contribution in [-0.2, 0) is 22.7 Å². The van der Waals surface area contributed by atoms with E-state index >= 15 is 0 Å². The number of halogens is 2. The lowest BCUT2D eigenvalue weighted by atomic mass is 10.1. The van der Waals surface area contributed by atoms with E-state index in [2.05, 4.69) is 5.32 Å². The van der Waals surface area contributed by atoms with Crippen LogP contribution in [0.5, 0.6) is 0 Å². The summed E-state index contributed by atoms with van der Waals surface area (Å²) in [6.07, 6.45) is 3.77. The fourth-order valence-electron chi connectivity index (χ4n) is 3.83. The highest BCUT2D eigenvalue weighted by atomic mass is 35.5. The van der Waals surface area contributed by atoms with Crippen LogP contribution in [0.25, 0.3) is 10.9 Å². The van der Waals surface area contributed by atoms with Crippen molar-refractivity contribution in [3.8, 4) is 0 Å². The maximum atomic E-state index is 14.1. The van der Waals surface area contributed by atoms with Crippen molar-refractivity contribution >= 4 is 46.5 Å². The summed E-state index contributed by atoms with van der Waals surface area (Å²) >= 11 is 5.77. The molecule has 176 valence electrons. The summed E-state index contributed by atoms with van der Waals surface area (Å²) < 4.78 is 15.6. The first-order valence-corrected chi connectivity index (χ1v) is 11.0. The van der Waals surface area contributed by atoms with Gasteiger partial charge < -0.3 is 20.5 Å². The lowest BCUT2D eigenvalue weighted by molar-refractivity contribution is -0.137. The SMILES string of the molecule is NC(=O)c1ccc2c(C=O)cn(CC(=O)N(CC(=O)NCc3cccc(Cl)c3F)C3CC3)c2c1. The summed E-state index contributed by atoms with van der Waals surface area (Å²) in [6, 6.07) is 9.14. The third kappa shape index (κ3) is 4.94. The lowest BCUT2D eigenvalue weighted by Crippen LogP contribution is -2.43. The number of fused-ring (bicyclic) bond motifs is 1. The molecule has 0 saturated heterocycles. The molecule has 0 atom stereocenters. The van der Waals surface area contributed by atoms with Crippen molar-refractivity contribution in [1.29, 1.82) is 0 Å². The van der Waals surface area contributed by atoms with Gasteiger partial charge in [-0.3, -0.25) is 19.2 Å². The van der Waals surface area contributed by atoms with Gasteiger partial charge in [-0.15, -0.1) is 0 Å². The van der Waals surface area contributed by atoms with E-state index in [1.165, 1.54) is 35.4 Å². The normalized spacial score (nSPS) is 13.0. The van der Waals surface area contributed by atoms with Gasteiger partial charge in [0, 0.05) is 40.9 Å². The molecule has 8 nitrogen and oxygen atoms in total. The average Bonchev–Trinajstić information content (AvgIpc) is 3.60. The van der Waals surface area contributed by atoms with Crippen molar-refractivity contribution in [3.05, 3.63) is 70.1 Å². The minimum absolute atomic E-state index is 0.0327. The molecule has 1 aliphatic carbocycles. The summed E-state index contributed by atoms with van der Waals surface area (Å²) in [7, 11) is 0. The molecule has 10 heteroatoms. The quantitative estimate of drug-likeness (QED) is 0.454. The van der Waals surface area contributed by atoms with E-state index in [0.29, 0.717) is 22.8 Å². The maximum Gasteiger partial charge on any atom is 0.248 e. The molecule has 2 aromatic carbocycles. The maximum absolute atomic E-state index is 14.1. The Bertz CT molecular complexity index is 1300. The summed E-state index contributed by atoms with van der Waals surface area (Å²) in [5.41, 5.74) is 6.76. The van der Waals surface area contributed by atoms with Crippen LogP contribution in [0.3, 0.4) is 0 Å². The number of nitrogens with zero attached hydrogens (tertiary/aromatic N) is 2. The smallest absolute Gasteiger partial charge is 0.248 e. The van der Waals surface area contributed by atoms with Crippen LogP contribution in [0.4, 0.5) is 4.39 Å². The van der Waals surface area contributed by atoms with Crippen LogP contribution in [0, 0.1) is 5.82 Å². The van der Waals surface area contributed by atoms with Crippen LogP contribution >= 0.6 is 11.6 Å². The summed E-state index contributed by atoms with van der Waals surface area (Å²) in [6.45, 7) is -0.365. The van der Waals surface area contributed by atoms with Gasteiger partial charge in [-0.1, -0.05) is 29.8 Å². The molecular weight excluding hydrogens is 463 g/mol. The first kappa shape index (κ1) is 23.4. The van der Waals surface area contributed by atoms with Gasteiger partial charge in [-0.25, -0.2) is 4.39 Å². The van der Waals surface area contributed by atoms with Crippen molar-refractivity contribution in [3.63, 3.8) is 0 Å². The van der Waals surface area contributed by atoms with Crippen LogP contribution in [-0.4, -0.2) is 46.1 Å². The van der Waals surface area contributed by atoms with E-state index < -0.39 is 17.6 Å². The Kier molecular flexibility index (Phi) is 6.65. The van der Waals surface area contributed by atoms with Gasteiger partial charge in [0.15, 0.2) is 6.29 Å². The third-order valence-corrected chi connectivity index (χ3v) is 6.05. The van der Waals surface area contributed by atoms with Gasteiger partial charge >= 0.3 is 0 Å².